The highest BCUT2D eigenvalue weighted by atomic mass is 16.5. The van der Waals surface area contributed by atoms with Crippen molar-refractivity contribution in [1.82, 2.24) is 0 Å². The zero-order chi connectivity index (χ0) is 16.2. The van der Waals surface area contributed by atoms with E-state index >= 15 is 0 Å². The molecular formula is C15H20O6. The van der Waals surface area contributed by atoms with Crippen LogP contribution in [0.3, 0.4) is 0 Å². The second kappa shape index (κ2) is 6.97. The lowest BCUT2D eigenvalue weighted by Crippen LogP contribution is -2.25. The van der Waals surface area contributed by atoms with Crippen LogP contribution < -0.4 is 14.2 Å². The molecule has 0 aliphatic carbocycles. The predicted molar refractivity (Wildman–Crippen MR) is 76.4 cm³/mol. The first kappa shape index (κ1) is 16.8. The molecule has 0 bridgehead atoms. The molecule has 1 N–H and O–H groups in total. The molecule has 0 aliphatic rings. The number of hydrogen-bond acceptors (Lipinski definition) is 5. The molecule has 6 nitrogen and oxygen atoms in total. The van der Waals surface area contributed by atoms with Gasteiger partial charge in [0.2, 0.25) is 5.75 Å². The highest BCUT2D eigenvalue weighted by Crippen LogP contribution is 2.39. The molecule has 0 amide bonds. The third-order valence-corrected chi connectivity index (χ3v) is 3.50. The summed E-state index contributed by atoms with van der Waals surface area (Å²) in [7, 11) is 4.38. The molecule has 0 heterocycles. The number of benzene rings is 1. The summed E-state index contributed by atoms with van der Waals surface area (Å²) in [6, 6.07) is 3.05. The van der Waals surface area contributed by atoms with Crippen LogP contribution in [0.2, 0.25) is 0 Å². The average Bonchev–Trinajstić information content (AvgIpc) is 2.50. The molecule has 1 aromatic rings. The highest BCUT2D eigenvalue weighted by molar-refractivity contribution is 6.00. The van der Waals surface area contributed by atoms with Gasteiger partial charge in [0.05, 0.1) is 27.2 Å². The Morgan fingerprint density at radius 2 is 1.43 bits per heavy atom. The van der Waals surface area contributed by atoms with Gasteiger partial charge in [0.1, 0.15) is 0 Å². The van der Waals surface area contributed by atoms with Crippen LogP contribution in [0.25, 0.3) is 0 Å². The number of ketones is 1. The lowest BCUT2D eigenvalue weighted by Gasteiger charge is -2.17. The van der Waals surface area contributed by atoms with Gasteiger partial charge in [-0.2, -0.15) is 0 Å². The number of ether oxygens (including phenoxy) is 3. The van der Waals surface area contributed by atoms with Crippen LogP contribution in [0.5, 0.6) is 17.2 Å². The number of Topliss-reactive ketones (excluding diaryl/α,β-unsaturated/α-hetero) is 1. The van der Waals surface area contributed by atoms with Crippen molar-refractivity contribution in [3.8, 4) is 17.2 Å². The predicted octanol–water partition coefficient (Wildman–Crippen LogP) is 2.25. The van der Waals surface area contributed by atoms with E-state index in [2.05, 4.69) is 0 Å². The van der Waals surface area contributed by atoms with Crippen molar-refractivity contribution in [3.05, 3.63) is 17.7 Å². The molecule has 116 valence electrons. The Balaban J connectivity index is 3.24. The highest BCUT2D eigenvalue weighted by Gasteiger charge is 2.28. The minimum atomic E-state index is -1.01. The maximum absolute atomic E-state index is 12.4. The molecule has 1 rings (SSSR count). The van der Waals surface area contributed by atoms with Crippen molar-refractivity contribution >= 4 is 11.8 Å². The van der Waals surface area contributed by atoms with E-state index in [-0.39, 0.29) is 5.78 Å². The summed E-state index contributed by atoms with van der Waals surface area (Å²) >= 11 is 0. The van der Waals surface area contributed by atoms with E-state index in [1.165, 1.54) is 40.4 Å². The van der Waals surface area contributed by atoms with Crippen LogP contribution in [-0.4, -0.2) is 38.2 Å². The van der Waals surface area contributed by atoms with Crippen molar-refractivity contribution in [2.24, 2.45) is 11.8 Å². The maximum atomic E-state index is 12.4. The van der Waals surface area contributed by atoms with Gasteiger partial charge in [-0.25, -0.2) is 0 Å². The molecule has 0 fully saturated rings. The van der Waals surface area contributed by atoms with Gasteiger partial charge in [0.25, 0.3) is 0 Å². The van der Waals surface area contributed by atoms with Gasteiger partial charge in [0.15, 0.2) is 17.3 Å². The third-order valence-electron chi connectivity index (χ3n) is 3.50. The largest absolute Gasteiger partial charge is 0.493 e. The SMILES string of the molecule is COc1cc(C(=O)C(C)C(C)C(=O)O)cc(OC)c1OC. The van der Waals surface area contributed by atoms with E-state index in [0.717, 1.165) is 0 Å². The summed E-state index contributed by atoms with van der Waals surface area (Å²) in [4.78, 5) is 23.4. The first-order chi connectivity index (χ1) is 9.87. The van der Waals surface area contributed by atoms with Gasteiger partial charge in [-0.3, -0.25) is 9.59 Å². The van der Waals surface area contributed by atoms with Gasteiger partial charge in [-0.05, 0) is 12.1 Å². The molecule has 1 aromatic carbocycles. The Morgan fingerprint density at radius 1 is 0.952 bits per heavy atom. The Bertz CT molecular complexity index is 512. The minimum absolute atomic E-state index is 0.288. The molecule has 0 aliphatic heterocycles. The Labute approximate surface area is 123 Å². The van der Waals surface area contributed by atoms with Crippen LogP contribution in [0.15, 0.2) is 12.1 Å². The summed E-state index contributed by atoms with van der Waals surface area (Å²) in [5.74, 6) is -1.64. The van der Waals surface area contributed by atoms with Crippen LogP contribution in [0.4, 0.5) is 0 Å². The second-order valence-corrected chi connectivity index (χ2v) is 4.69. The maximum Gasteiger partial charge on any atom is 0.306 e. The lowest BCUT2D eigenvalue weighted by molar-refractivity contribution is -0.142. The number of carbonyl (C=O) groups excluding carboxylic acids is 1. The molecule has 2 unspecified atom stereocenters. The van der Waals surface area contributed by atoms with Gasteiger partial charge < -0.3 is 19.3 Å². The smallest absolute Gasteiger partial charge is 0.306 e. The zero-order valence-electron chi connectivity index (χ0n) is 12.8. The van der Waals surface area contributed by atoms with Gasteiger partial charge in [-0.15, -0.1) is 0 Å². The fourth-order valence-electron chi connectivity index (χ4n) is 1.93. The number of methoxy groups -OCH3 is 3. The number of carboxylic acids is 1. The van der Waals surface area contributed by atoms with Crippen molar-refractivity contribution in [2.45, 2.75) is 13.8 Å². The van der Waals surface area contributed by atoms with Crippen molar-refractivity contribution in [3.63, 3.8) is 0 Å². The summed E-state index contributed by atoms with van der Waals surface area (Å²) in [6.07, 6.45) is 0. The zero-order valence-corrected chi connectivity index (χ0v) is 12.8. The van der Waals surface area contributed by atoms with E-state index < -0.39 is 17.8 Å². The number of rotatable bonds is 7. The van der Waals surface area contributed by atoms with E-state index in [1.54, 1.807) is 6.92 Å². The van der Waals surface area contributed by atoms with E-state index in [0.29, 0.717) is 22.8 Å². The molecule has 0 aromatic heterocycles. The molecule has 21 heavy (non-hydrogen) atoms. The standard InChI is InChI=1S/C15H20O6/c1-8(9(2)15(17)18)13(16)10-6-11(19-3)14(21-5)12(7-10)20-4/h6-9H,1-5H3,(H,17,18). The molecular weight excluding hydrogens is 276 g/mol. The number of aliphatic carboxylic acids is 1. The van der Waals surface area contributed by atoms with Crippen molar-refractivity contribution in [2.75, 3.05) is 21.3 Å². The van der Waals surface area contributed by atoms with Gasteiger partial charge in [-0.1, -0.05) is 13.8 Å². The number of hydrogen-bond donors (Lipinski definition) is 1. The number of carbonyl (C=O) groups is 2. The minimum Gasteiger partial charge on any atom is -0.493 e. The van der Waals surface area contributed by atoms with Gasteiger partial charge >= 0.3 is 5.97 Å². The lowest BCUT2D eigenvalue weighted by atomic mass is 9.88. The first-order valence-corrected chi connectivity index (χ1v) is 6.44. The van der Waals surface area contributed by atoms with E-state index in [4.69, 9.17) is 19.3 Å². The van der Waals surface area contributed by atoms with Crippen molar-refractivity contribution in [1.29, 1.82) is 0 Å². The molecule has 2 atom stereocenters. The van der Waals surface area contributed by atoms with Crippen molar-refractivity contribution < 1.29 is 28.9 Å². The van der Waals surface area contributed by atoms with Crippen LogP contribution in [0.1, 0.15) is 24.2 Å². The normalized spacial score (nSPS) is 13.2. The topological polar surface area (TPSA) is 82.1 Å². The van der Waals surface area contributed by atoms with E-state index in [1.807, 2.05) is 0 Å². The summed E-state index contributed by atoms with van der Waals surface area (Å²) in [5.41, 5.74) is 0.324. The monoisotopic (exact) mass is 296 g/mol. The fourth-order valence-corrected chi connectivity index (χ4v) is 1.93. The molecule has 0 saturated heterocycles. The molecule has 0 spiro atoms. The van der Waals surface area contributed by atoms with Crippen LogP contribution in [0, 0.1) is 11.8 Å². The summed E-state index contributed by atoms with van der Waals surface area (Å²) in [5, 5.41) is 9.01. The quantitative estimate of drug-likeness (QED) is 0.777. The first-order valence-electron chi connectivity index (χ1n) is 6.44. The summed E-state index contributed by atoms with van der Waals surface area (Å²) < 4.78 is 15.6. The Morgan fingerprint density at radius 3 is 1.76 bits per heavy atom. The Kier molecular flexibility index (Phi) is 5.58. The van der Waals surface area contributed by atoms with Gasteiger partial charge in [0, 0.05) is 11.5 Å². The third kappa shape index (κ3) is 3.45. The summed E-state index contributed by atoms with van der Waals surface area (Å²) in [6.45, 7) is 3.09. The number of carboxylic acid groups (broad SMARTS) is 1. The van der Waals surface area contributed by atoms with Crippen LogP contribution in [-0.2, 0) is 4.79 Å². The average molecular weight is 296 g/mol. The molecule has 0 saturated carbocycles. The van der Waals surface area contributed by atoms with E-state index in [9.17, 15) is 9.59 Å². The fraction of sp³-hybridized carbons (Fsp3) is 0.467. The Hall–Kier alpha value is -2.24. The van der Waals surface area contributed by atoms with Crippen LogP contribution >= 0.6 is 0 Å². The second-order valence-electron chi connectivity index (χ2n) is 4.69. The molecule has 6 heteroatoms. The molecule has 0 radical (unpaired) electrons.